The molecule has 2 fully saturated rings. The Morgan fingerprint density at radius 3 is 2.20 bits per heavy atom. The fourth-order valence-corrected chi connectivity index (χ4v) is 4.18. The zero-order chi connectivity index (χ0) is 17.8. The molecule has 0 unspecified atom stereocenters. The predicted octanol–water partition coefficient (Wildman–Crippen LogP) is 2.06. The number of carbonyl (C=O) groups excluding carboxylic acids is 2. The van der Waals surface area contributed by atoms with E-state index in [1.54, 1.807) is 7.05 Å². The number of nitrogens with zero attached hydrogens (tertiary/aromatic N) is 2. The Morgan fingerprint density at radius 2 is 1.64 bits per heavy atom. The largest absolute Gasteiger partial charge is 0.358 e. The van der Waals surface area contributed by atoms with Crippen LogP contribution in [0.25, 0.3) is 0 Å². The Morgan fingerprint density at radius 1 is 1.04 bits per heavy atom. The second-order valence-corrected chi connectivity index (χ2v) is 7.30. The molecule has 0 bridgehead atoms. The van der Waals surface area contributed by atoms with Crippen LogP contribution in [0.3, 0.4) is 0 Å². The van der Waals surface area contributed by atoms with Gasteiger partial charge in [-0.05, 0) is 37.8 Å². The van der Waals surface area contributed by atoms with E-state index in [2.05, 4.69) is 10.2 Å². The summed E-state index contributed by atoms with van der Waals surface area (Å²) >= 11 is 0. The molecule has 25 heavy (non-hydrogen) atoms. The standard InChI is InChI=1S/C20H29N3O2/c1-15-7-9-17(10-8-15)20(25)23-13-11-22(12-14-23)18(19(24)21-2)16-5-3-4-6-16/h7-10,16,18H,3-6,11-14H2,1-2H3,(H,21,24)/t18-/m1/s1. The number of piperazine rings is 1. The highest BCUT2D eigenvalue weighted by Gasteiger charge is 2.36. The van der Waals surface area contributed by atoms with Gasteiger partial charge in [0.25, 0.3) is 5.91 Å². The molecule has 5 heteroatoms. The minimum atomic E-state index is -0.0378. The molecule has 5 nitrogen and oxygen atoms in total. The van der Waals surface area contributed by atoms with Gasteiger partial charge in [0.1, 0.15) is 0 Å². The molecule has 0 spiro atoms. The van der Waals surface area contributed by atoms with Crippen molar-refractivity contribution in [3.63, 3.8) is 0 Å². The number of carbonyl (C=O) groups is 2. The van der Waals surface area contributed by atoms with Crippen LogP contribution >= 0.6 is 0 Å². The minimum Gasteiger partial charge on any atom is -0.358 e. The molecule has 1 aromatic rings. The average Bonchev–Trinajstić information content (AvgIpc) is 3.16. The summed E-state index contributed by atoms with van der Waals surface area (Å²) < 4.78 is 0. The lowest BCUT2D eigenvalue weighted by atomic mass is 9.95. The summed E-state index contributed by atoms with van der Waals surface area (Å²) in [6.07, 6.45) is 4.73. The normalized spacial score (nSPS) is 20.5. The summed E-state index contributed by atoms with van der Waals surface area (Å²) in [7, 11) is 1.72. The zero-order valence-corrected chi connectivity index (χ0v) is 15.3. The summed E-state index contributed by atoms with van der Waals surface area (Å²) in [5.41, 5.74) is 1.91. The fraction of sp³-hybridized carbons (Fsp3) is 0.600. The summed E-state index contributed by atoms with van der Waals surface area (Å²) in [5, 5.41) is 2.84. The zero-order valence-electron chi connectivity index (χ0n) is 15.3. The van der Waals surface area contributed by atoms with Crippen LogP contribution in [-0.4, -0.2) is 60.9 Å². The van der Waals surface area contributed by atoms with Gasteiger partial charge in [0.05, 0.1) is 6.04 Å². The van der Waals surface area contributed by atoms with E-state index >= 15 is 0 Å². The fourth-order valence-electron chi connectivity index (χ4n) is 4.18. The molecule has 0 radical (unpaired) electrons. The molecule has 1 saturated carbocycles. The number of benzene rings is 1. The first kappa shape index (κ1) is 17.9. The molecule has 1 aliphatic carbocycles. The van der Waals surface area contributed by atoms with Crippen molar-refractivity contribution in [1.29, 1.82) is 0 Å². The van der Waals surface area contributed by atoms with Crippen molar-refractivity contribution >= 4 is 11.8 Å². The number of amides is 2. The third-order valence-corrected chi connectivity index (χ3v) is 5.65. The summed E-state index contributed by atoms with van der Waals surface area (Å²) in [4.78, 5) is 29.3. The van der Waals surface area contributed by atoms with Gasteiger partial charge < -0.3 is 10.2 Å². The molecule has 1 heterocycles. The van der Waals surface area contributed by atoms with Crippen LogP contribution in [0.15, 0.2) is 24.3 Å². The maximum atomic E-state index is 12.7. The van der Waals surface area contributed by atoms with E-state index in [-0.39, 0.29) is 17.9 Å². The second kappa shape index (κ2) is 8.00. The maximum Gasteiger partial charge on any atom is 0.253 e. The highest BCUT2D eigenvalue weighted by Crippen LogP contribution is 2.31. The molecular formula is C20H29N3O2. The van der Waals surface area contributed by atoms with E-state index in [1.807, 2.05) is 36.1 Å². The number of hydrogen-bond donors (Lipinski definition) is 1. The van der Waals surface area contributed by atoms with Crippen LogP contribution in [0.1, 0.15) is 41.6 Å². The lowest BCUT2D eigenvalue weighted by molar-refractivity contribution is -0.128. The van der Waals surface area contributed by atoms with Gasteiger partial charge in [-0.1, -0.05) is 30.5 Å². The molecule has 3 rings (SSSR count). The number of rotatable bonds is 4. The van der Waals surface area contributed by atoms with E-state index in [0.717, 1.165) is 37.1 Å². The van der Waals surface area contributed by atoms with Gasteiger partial charge in [0, 0.05) is 38.8 Å². The van der Waals surface area contributed by atoms with Gasteiger partial charge in [0.2, 0.25) is 5.91 Å². The summed E-state index contributed by atoms with van der Waals surface area (Å²) in [6.45, 7) is 4.94. The first-order valence-corrected chi connectivity index (χ1v) is 9.41. The second-order valence-electron chi connectivity index (χ2n) is 7.30. The Kier molecular flexibility index (Phi) is 5.74. The third kappa shape index (κ3) is 4.03. The van der Waals surface area contributed by atoms with Crippen LogP contribution in [0.4, 0.5) is 0 Å². The van der Waals surface area contributed by atoms with Gasteiger partial charge in [-0.2, -0.15) is 0 Å². The Bertz CT molecular complexity index is 600. The van der Waals surface area contributed by atoms with Crippen molar-refractivity contribution in [2.75, 3.05) is 33.2 Å². The first-order valence-electron chi connectivity index (χ1n) is 9.41. The van der Waals surface area contributed by atoms with Crippen molar-refractivity contribution in [2.45, 2.75) is 38.6 Å². The minimum absolute atomic E-state index is 0.0378. The quantitative estimate of drug-likeness (QED) is 0.910. The van der Waals surface area contributed by atoms with E-state index in [0.29, 0.717) is 19.0 Å². The topological polar surface area (TPSA) is 52.7 Å². The lowest BCUT2D eigenvalue weighted by Gasteiger charge is -2.40. The Balaban J connectivity index is 1.62. The third-order valence-electron chi connectivity index (χ3n) is 5.65. The molecule has 1 saturated heterocycles. The molecule has 2 amide bonds. The van der Waals surface area contributed by atoms with Crippen LogP contribution in [-0.2, 0) is 4.79 Å². The maximum absolute atomic E-state index is 12.7. The molecule has 136 valence electrons. The molecule has 2 aliphatic rings. The van der Waals surface area contributed by atoms with Crippen LogP contribution in [0, 0.1) is 12.8 Å². The van der Waals surface area contributed by atoms with Gasteiger partial charge >= 0.3 is 0 Å². The van der Waals surface area contributed by atoms with Gasteiger partial charge in [0.15, 0.2) is 0 Å². The monoisotopic (exact) mass is 343 g/mol. The smallest absolute Gasteiger partial charge is 0.253 e. The van der Waals surface area contributed by atoms with E-state index in [9.17, 15) is 9.59 Å². The van der Waals surface area contributed by atoms with Crippen LogP contribution < -0.4 is 5.32 Å². The molecular weight excluding hydrogens is 314 g/mol. The van der Waals surface area contributed by atoms with Crippen LogP contribution in [0.2, 0.25) is 0 Å². The van der Waals surface area contributed by atoms with Crippen molar-refractivity contribution in [3.05, 3.63) is 35.4 Å². The summed E-state index contributed by atoms with van der Waals surface area (Å²) in [5.74, 6) is 0.682. The Hall–Kier alpha value is -1.88. The van der Waals surface area contributed by atoms with E-state index in [4.69, 9.17) is 0 Å². The average molecular weight is 343 g/mol. The summed E-state index contributed by atoms with van der Waals surface area (Å²) in [6, 6.07) is 7.71. The van der Waals surface area contributed by atoms with E-state index in [1.165, 1.54) is 12.8 Å². The van der Waals surface area contributed by atoms with Crippen molar-refractivity contribution < 1.29 is 9.59 Å². The SMILES string of the molecule is CNC(=O)[C@@H](C1CCCC1)N1CCN(C(=O)c2ccc(C)cc2)CC1. The molecule has 1 N–H and O–H groups in total. The van der Waals surface area contributed by atoms with Gasteiger partial charge in [-0.25, -0.2) is 0 Å². The first-order chi connectivity index (χ1) is 12.1. The Labute approximate surface area is 150 Å². The number of likely N-dealkylation sites (N-methyl/N-ethyl adjacent to an activating group) is 1. The number of nitrogens with one attached hydrogen (secondary N) is 1. The molecule has 0 aromatic heterocycles. The van der Waals surface area contributed by atoms with Crippen molar-refractivity contribution in [3.8, 4) is 0 Å². The lowest BCUT2D eigenvalue weighted by Crippen LogP contribution is -2.57. The molecule has 1 aromatic carbocycles. The number of aryl methyl sites for hydroxylation is 1. The van der Waals surface area contributed by atoms with Crippen LogP contribution in [0.5, 0.6) is 0 Å². The van der Waals surface area contributed by atoms with Crippen molar-refractivity contribution in [2.24, 2.45) is 5.92 Å². The highest BCUT2D eigenvalue weighted by atomic mass is 16.2. The van der Waals surface area contributed by atoms with Crippen molar-refractivity contribution in [1.82, 2.24) is 15.1 Å². The van der Waals surface area contributed by atoms with Gasteiger partial charge in [-0.15, -0.1) is 0 Å². The number of hydrogen-bond acceptors (Lipinski definition) is 3. The predicted molar refractivity (Wildman–Crippen MR) is 98.5 cm³/mol. The van der Waals surface area contributed by atoms with Gasteiger partial charge in [-0.3, -0.25) is 14.5 Å². The molecule has 1 atom stereocenters. The van der Waals surface area contributed by atoms with E-state index < -0.39 is 0 Å². The molecule has 1 aliphatic heterocycles. The highest BCUT2D eigenvalue weighted by molar-refractivity contribution is 5.94.